The van der Waals surface area contributed by atoms with Crippen LogP contribution >= 0.6 is 12.2 Å². The lowest BCUT2D eigenvalue weighted by Gasteiger charge is -2.30. The molecule has 6 heteroatoms. The number of thiocarbonyl (C=S) groups is 1. The number of rotatable bonds is 3. The lowest BCUT2D eigenvalue weighted by molar-refractivity contribution is 0.341. The summed E-state index contributed by atoms with van der Waals surface area (Å²) in [7, 11) is 0. The van der Waals surface area contributed by atoms with E-state index in [1.807, 2.05) is 5.01 Å². The van der Waals surface area contributed by atoms with Crippen LogP contribution in [0.4, 0.5) is 8.78 Å². The minimum Gasteiger partial charge on any atom is -0.358 e. The van der Waals surface area contributed by atoms with Crippen molar-refractivity contribution in [3.63, 3.8) is 0 Å². The zero-order valence-electron chi connectivity index (χ0n) is 15.6. The Morgan fingerprint density at radius 3 is 2.18 bits per heavy atom. The lowest BCUT2D eigenvalue weighted by atomic mass is 9.95. The summed E-state index contributed by atoms with van der Waals surface area (Å²) in [6.07, 6.45) is 6.56. The van der Waals surface area contributed by atoms with Crippen LogP contribution in [0.25, 0.3) is 0 Å². The van der Waals surface area contributed by atoms with Gasteiger partial charge in [-0.1, -0.05) is 43.5 Å². The Morgan fingerprint density at radius 1 is 0.929 bits per heavy atom. The third kappa shape index (κ3) is 4.22. The highest BCUT2D eigenvalue weighted by atomic mass is 32.1. The highest BCUT2D eigenvalue weighted by Crippen LogP contribution is 2.33. The topological polar surface area (TPSA) is 27.6 Å². The Hall–Kier alpha value is -2.34. The Bertz CT molecular complexity index is 858. The van der Waals surface area contributed by atoms with E-state index in [0.29, 0.717) is 17.6 Å². The van der Waals surface area contributed by atoms with Gasteiger partial charge in [0.25, 0.3) is 0 Å². The van der Waals surface area contributed by atoms with E-state index < -0.39 is 0 Å². The number of nitrogens with zero attached hydrogens (tertiary/aromatic N) is 2. The predicted octanol–water partition coefficient (Wildman–Crippen LogP) is 5.32. The van der Waals surface area contributed by atoms with E-state index in [0.717, 1.165) is 29.7 Å². The first-order chi connectivity index (χ1) is 13.6. The number of hydrazone groups is 1. The standard InChI is InChI=1S/C22H23F2N3S/c23-17-10-6-15(7-11-17)20-14-21(16-8-12-18(24)13-9-16)27(26-20)22(28)25-19-4-2-1-3-5-19/h6-13,19,21H,1-5,14H2,(H,25,28). The summed E-state index contributed by atoms with van der Waals surface area (Å²) in [6.45, 7) is 0. The van der Waals surface area contributed by atoms with Gasteiger partial charge in [-0.15, -0.1) is 0 Å². The molecule has 0 amide bonds. The Balaban J connectivity index is 1.59. The van der Waals surface area contributed by atoms with Crippen molar-refractivity contribution in [1.82, 2.24) is 10.3 Å². The van der Waals surface area contributed by atoms with Gasteiger partial charge in [0.05, 0.1) is 11.8 Å². The first kappa shape index (κ1) is 19.0. The molecule has 0 spiro atoms. The molecule has 0 bridgehead atoms. The summed E-state index contributed by atoms with van der Waals surface area (Å²) in [5.74, 6) is -0.542. The van der Waals surface area contributed by atoms with Crippen LogP contribution in [0.15, 0.2) is 53.6 Å². The van der Waals surface area contributed by atoms with Gasteiger partial charge < -0.3 is 5.32 Å². The summed E-state index contributed by atoms with van der Waals surface area (Å²) >= 11 is 5.69. The largest absolute Gasteiger partial charge is 0.358 e. The van der Waals surface area contributed by atoms with Crippen LogP contribution in [0.2, 0.25) is 0 Å². The van der Waals surface area contributed by atoms with Gasteiger partial charge in [-0.25, -0.2) is 13.8 Å². The fraction of sp³-hybridized carbons (Fsp3) is 0.364. The van der Waals surface area contributed by atoms with E-state index in [4.69, 9.17) is 17.3 Å². The molecule has 3 nitrogen and oxygen atoms in total. The minimum atomic E-state index is -0.274. The van der Waals surface area contributed by atoms with E-state index in [9.17, 15) is 8.78 Å². The van der Waals surface area contributed by atoms with E-state index in [1.54, 1.807) is 24.3 Å². The summed E-state index contributed by atoms with van der Waals surface area (Å²) < 4.78 is 26.7. The molecule has 2 aliphatic rings. The molecular weight excluding hydrogens is 376 g/mol. The molecule has 2 aromatic rings. The summed E-state index contributed by atoms with van der Waals surface area (Å²) in [5, 5.41) is 10.7. The van der Waals surface area contributed by atoms with Gasteiger partial charge in [0.15, 0.2) is 5.11 Å². The van der Waals surface area contributed by atoms with Crippen molar-refractivity contribution in [3.8, 4) is 0 Å². The maximum Gasteiger partial charge on any atom is 0.190 e. The second-order valence-electron chi connectivity index (χ2n) is 7.45. The summed E-state index contributed by atoms with van der Waals surface area (Å²) in [5.41, 5.74) is 2.67. The van der Waals surface area contributed by atoms with E-state index in [1.165, 1.54) is 43.5 Å². The molecule has 1 atom stereocenters. The minimum absolute atomic E-state index is 0.107. The molecule has 1 fully saturated rings. The molecule has 1 N–H and O–H groups in total. The van der Waals surface area contributed by atoms with Gasteiger partial charge in [0, 0.05) is 12.5 Å². The molecule has 2 aromatic carbocycles. The maximum absolute atomic E-state index is 13.4. The molecule has 146 valence electrons. The quantitative estimate of drug-likeness (QED) is 0.708. The molecule has 28 heavy (non-hydrogen) atoms. The Kier molecular flexibility index (Phi) is 5.67. The van der Waals surface area contributed by atoms with Gasteiger partial charge in [-0.2, -0.15) is 5.10 Å². The zero-order valence-corrected chi connectivity index (χ0v) is 16.4. The smallest absolute Gasteiger partial charge is 0.190 e. The predicted molar refractivity (Wildman–Crippen MR) is 111 cm³/mol. The van der Waals surface area contributed by atoms with Gasteiger partial charge >= 0.3 is 0 Å². The van der Waals surface area contributed by atoms with Gasteiger partial charge in [0.2, 0.25) is 0 Å². The second kappa shape index (κ2) is 8.35. The molecule has 4 rings (SSSR count). The molecule has 0 saturated heterocycles. The van der Waals surface area contributed by atoms with Crippen molar-refractivity contribution in [2.45, 2.75) is 50.6 Å². The highest BCUT2D eigenvalue weighted by Gasteiger charge is 2.32. The molecule has 0 radical (unpaired) electrons. The van der Waals surface area contributed by atoms with Crippen LogP contribution in [-0.4, -0.2) is 21.9 Å². The highest BCUT2D eigenvalue weighted by molar-refractivity contribution is 7.80. The molecule has 1 aliphatic heterocycles. The normalized spacial score (nSPS) is 20.1. The van der Waals surface area contributed by atoms with Crippen molar-refractivity contribution in [3.05, 3.63) is 71.3 Å². The van der Waals surface area contributed by atoms with Crippen LogP contribution < -0.4 is 5.32 Å². The fourth-order valence-corrected chi connectivity index (χ4v) is 4.28. The average molecular weight is 400 g/mol. The van der Waals surface area contributed by atoms with Crippen LogP contribution in [0, 0.1) is 11.6 Å². The zero-order chi connectivity index (χ0) is 19.5. The molecule has 0 aromatic heterocycles. The van der Waals surface area contributed by atoms with E-state index in [-0.39, 0.29) is 17.7 Å². The monoisotopic (exact) mass is 399 g/mol. The Labute approximate surface area is 169 Å². The van der Waals surface area contributed by atoms with Crippen LogP contribution in [-0.2, 0) is 0 Å². The van der Waals surface area contributed by atoms with Crippen LogP contribution in [0.5, 0.6) is 0 Å². The van der Waals surface area contributed by atoms with Crippen LogP contribution in [0.1, 0.15) is 55.7 Å². The summed E-state index contributed by atoms with van der Waals surface area (Å²) in [6, 6.07) is 13.1. The van der Waals surface area contributed by atoms with Crippen molar-refractivity contribution in [1.29, 1.82) is 0 Å². The van der Waals surface area contributed by atoms with Crippen molar-refractivity contribution < 1.29 is 8.78 Å². The SMILES string of the molecule is Fc1ccc(C2=NN(C(=S)NC3CCCCC3)C(c3ccc(F)cc3)C2)cc1. The molecule has 1 heterocycles. The molecular formula is C22H23F2N3S. The number of hydrogen-bond donors (Lipinski definition) is 1. The lowest BCUT2D eigenvalue weighted by Crippen LogP contribution is -2.43. The van der Waals surface area contributed by atoms with Crippen LogP contribution in [0.3, 0.4) is 0 Å². The average Bonchev–Trinajstić information content (AvgIpc) is 3.15. The first-order valence-corrected chi connectivity index (χ1v) is 10.2. The second-order valence-corrected chi connectivity index (χ2v) is 7.84. The first-order valence-electron chi connectivity index (χ1n) is 9.79. The number of halogens is 2. The molecule has 1 aliphatic carbocycles. The Morgan fingerprint density at radius 2 is 1.54 bits per heavy atom. The maximum atomic E-state index is 13.4. The van der Waals surface area contributed by atoms with Crippen molar-refractivity contribution >= 4 is 23.0 Å². The number of hydrogen-bond acceptors (Lipinski definition) is 2. The fourth-order valence-electron chi connectivity index (χ4n) is 3.95. The third-order valence-electron chi connectivity index (χ3n) is 5.48. The summed E-state index contributed by atoms with van der Waals surface area (Å²) in [4.78, 5) is 0. The van der Waals surface area contributed by atoms with E-state index in [2.05, 4.69) is 5.32 Å². The number of benzene rings is 2. The van der Waals surface area contributed by atoms with Crippen molar-refractivity contribution in [2.24, 2.45) is 5.10 Å². The van der Waals surface area contributed by atoms with Crippen molar-refractivity contribution in [2.75, 3.05) is 0 Å². The third-order valence-corrected chi connectivity index (χ3v) is 5.79. The van der Waals surface area contributed by atoms with E-state index >= 15 is 0 Å². The van der Waals surface area contributed by atoms with Gasteiger partial charge in [0.1, 0.15) is 11.6 Å². The molecule has 1 saturated carbocycles. The molecule has 1 unspecified atom stereocenters. The van der Waals surface area contributed by atoms with Gasteiger partial charge in [-0.3, -0.25) is 0 Å². The van der Waals surface area contributed by atoms with Gasteiger partial charge in [-0.05, 0) is 60.5 Å². The number of nitrogens with one attached hydrogen (secondary N) is 1.